The van der Waals surface area contributed by atoms with Gasteiger partial charge in [-0.2, -0.15) is 0 Å². The van der Waals surface area contributed by atoms with Gasteiger partial charge in [-0.3, -0.25) is 0 Å². The minimum absolute atomic E-state index is 0.833. The molecule has 3 aromatic rings. The highest BCUT2D eigenvalue weighted by Gasteiger charge is 2.07. The van der Waals surface area contributed by atoms with Crippen LogP contribution in [0.4, 0.5) is 5.69 Å². The van der Waals surface area contributed by atoms with Crippen molar-refractivity contribution in [2.45, 2.75) is 13.8 Å². The van der Waals surface area contributed by atoms with Gasteiger partial charge in [0.25, 0.3) is 0 Å². The molecule has 114 valence electrons. The van der Waals surface area contributed by atoms with Gasteiger partial charge >= 0.3 is 0 Å². The Balaban J connectivity index is 1.93. The molecule has 22 heavy (non-hydrogen) atoms. The van der Waals surface area contributed by atoms with Crippen molar-refractivity contribution in [3.8, 4) is 17.1 Å². The molecule has 0 aliphatic heterocycles. The second-order valence-electron chi connectivity index (χ2n) is 5.19. The molecule has 0 saturated heterocycles. The Morgan fingerprint density at radius 2 is 1.77 bits per heavy atom. The number of ether oxygens (including phenoxy) is 1. The van der Waals surface area contributed by atoms with E-state index >= 15 is 0 Å². The molecular formula is C18H21N3O. The second kappa shape index (κ2) is 6.10. The van der Waals surface area contributed by atoms with Gasteiger partial charge in [0.15, 0.2) is 0 Å². The Kier molecular flexibility index (Phi) is 4.00. The lowest BCUT2D eigenvalue weighted by Crippen LogP contribution is -2.21. The average Bonchev–Trinajstić information content (AvgIpc) is 2.99. The van der Waals surface area contributed by atoms with Crippen LogP contribution in [0.5, 0.6) is 5.75 Å². The lowest BCUT2D eigenvalue weighted by Gasteiger charge is -2.20. The quantitative estimate of drug-likeness (QED) is 0.771. The number of imidazole rings is 1. The predicted octanol–water partition coefficient (Wildman–Crippen LogP) is 4.08. The fourth-order valence-electron chi connectivity index (χ4n) is 2.67. The van der Waals surface area contributed by atoms with Crippen molar-refractivity contribution in [3.05, 3.63) is 42.5 Å². The van der Waals surface area contributed by atoms with Crippen molar-refractivity contribution in [1.82, 2.24) is 9.97 Å². The first-order valence-electron chi connectivity index (χ1n) is 7.64. The molecule has 0 aliphatic carbocycles. The van der Waals surface area contributed by atoms with E-state index in [9.17, 15) is 0 Å². The van der Waals surface area contributed by atoms with E-state index in [4.69, 9.17) is 4.74 Å². The highest BCUT2D eigenvalue weighted by Crippen LogP contribution is 2.25. The summed E-state index contributed by atoms with van der Waals surface area (Å²) in [5.41, 5.74) is 4.27. The highest BCUT2D eigenvalue weighted by molar-refractivity contribution is 5.81. The normalized spacial score (nSPS) is 10.9. The zero-order valence-corrected chi connectivity index (χ0v) is 13.3. The fourth-order valence-corrected chi connectivity index (χ4v) is 2.67. The Morgan fingerprint density at radius 1 is 1.05 bits per heavy atom. The van der Waals surface area contributed by atoms with E-state index in [1.165, 1.54) is 5.69 Å². The van der Waals surface area contributed by atoms with Crippen LogP contribution in [-0.4, -0.2) is 30.2 Å². The first-order valence-corrected chi connectivity index (χ1v) is 7.64. The van der Waals surface area contributed by atoms with Crippen molar-refractivity contribution in [2.24, 2.45) is 0 Å². The van der Waals surface area contributed by atoms with Crippen LogP contribution < -0.4 is 9.64 Å². The summed E-state index contributed by atoms with van der Waals surface area (Å²) in [6.45, 7) is 6.37. The van der Waals surface area contributed by atoms with E-state index in [1.54, 1.807) is 7.11 Å². The lowest BCUT2D eigenvalue weighted by molar-refractivity contribution is 0.415. The molecule has 2 aromatic carbocycles. The van der Waals surface area contributed by atoms with E-state index in [2.05, 4.69) is 53.0 Å². The molecule has 1 heterocycles. The van der Waals surface area contributed by atoms with E-state index in [-0.39, 0.29) is 0 Å². The summed E-state index contributed by atoms with van der Waals surface area (Å²) in [5.74, 6) is 1.72. The second-order valence-corrected chi connectivity index (χ2v) is 5.19. The standard InChI is InChI=1S/C18H21N3O/c1-4-21(5-2)14-8-6-13(7-9-14)18-19-16-11-10-15(22-3)12-17(16)20-18/h6-12H,4-5H2,1-3H3,(H,19,20). The van der Waals surface area contributed by atoms with Gasteiger partial charge in [0.05, 0.1) is 18.1 Å². The summed E-state index contributed by atoms with van der Waals surface area (Å²) in [5, 5.41) is 0. The van der Waals surface area contributed by atoms with Crippen molar-refractivity contribution in [3.63, 3.8) is 0 Å². The van der Waals surface area contributed by atoms with Gasteiger partial charge in [0, 0.05) is 30.4 Å². The molecule has 4 heteroatoms. The van der Waals surface area contributed by atoms with Crippen molar-refractivity contribution in [1.29, 1.82) is 0 Å². The summed E-state index contributed by atoms with van der Waals surface area (Å²) >= 11 is 0. The number of nitrogens with one attached hydrogen (secondary N) is 1. The number of methoxy groups -OCH3 is 1. The molecule has 0 atom stereocenters. The van der Waals surface area contributed by atoms with E-state index in [0.717, 1.165) is 41.3 Å². The number of anilines is 1. The van der Waals surface area contributed by atoms with Crippen LogP contribution in [0, 0.1) is 0 Å². The van der Waals surface area contributed by atoms with Crippen LogP contribution in [0.1, 0.15) is 13.8 Å². The van der Waals surface area contributed by atoms with Gasteiger partial charge in [0.1, 0.15) is 11.6 Å². The monoisotopic (exact) mass is 295 g/mol. The topological polar surface area (TPSA) is 41.2 Å². The van der Waals surface area contributed by atoms with Crippen LogP contribution in [0.2, 0.25) is 0 Å². The maximum absolute atomic E-state index is 5.25. The predicted molar refractivity (Wildman–Crippen MR) is 91.6 cm³/mol. The Morgan fingerprint density at radius 3 is 2.41 bits per heavy atom. The molecular weight excluding hydrogens is 274 g/mol. The first kappa shape index (κ1) is 14.4. The Labute approximate surface area is 130 Å². The van der Waals surface area contributed by atoms with Crippen LogP contribution in [0.15, 0.2) is 42.5 Å². The molecule has 0 fully saturated rings. The lowest BCUT2D eigenvalue weighted by atomic mass is 10.2. The van der Waals surface area contributed by atoms with E-state index < -0.39 is 0 Å². The molecule has 0 bridgehead atoms. The third-order valence-corrected chi connectivity index (χ3v) is 3.96. The molecule has 4 nitrogen and oxygen atoms in total. The van der Waals surface area contributed by atoms with Crippen LogP contribution in [0.25, 0.3) is 22.4 Å². The number of aromatic nitrogens is 2. The maximum atomic E-state index is 5.25. The molecule has 0 unspecified atom stereocenters. The third kappa shape index (κ3) is 2.64. The zero-order valence-electron chi connectivity index (χ0n) is 13.3. The van der Waals surface area contributed by atoms with Crippen molar-refractivity contribution in [2.75, 3.05) is 25.1 Å². The molecule has 3 rings (SSSR count). The number of hydrogen-bond donors (Lipinski definition) is 1. The van der Waals surface area contributed by atoms with Crippen LogP contribution >= 0.6 is 0 Å². The SMILES string of the molecule is CCN(CC)c1ccc(-c2nc3ccc(OC)cc3[nH]2)cc1. The van der Waals surface area contributed by atoms with Gasteiger partial charge in [-0.05, 0) is 50.2 Å². The number of aromatic amines is 1. The highest BCUT2D eigenvalue weighted by atomic mass is 16.5. The fraction of sp³-hybridized carbons (Fsp3) is 0.278. The summed E-state index contributed by atoms with van der Waals surface area (Å²) in [6, 6.07) is 14.4. The van der Waals surface area contributed by atoms with Gasteiger partial charge in [-0.25, -0.2) is 4.98 Å². The number of nitrogens with zero attached hydrogens (tertiary/aromatic N) is 2. The summed E-state index contributed by atoms with van der Waals surface area (Å²) in [6.07, 6.45) is 0. The Bertz CT molecular complexity index is 758. The van der Waals surface area contributed by atoms with Crippen molar-refractivity contribution < 1.29 is 4.74 Å². The molecule has 0 aliphatic rings. The average molecular weight is 295 g/mol. The van der Waals surface area contributed by atoms with E-state index in [0.29, 0.717) is 0 Å². The van der Waals surface area contributed by atoms with Crippen molar-refractivity contribution >= 4 is 16.7 Å². The number of benzene rings is 2. The summed E-state index contributed by atoms with van der Waals surface area (Å²) in [4.78, 5) is 10.3. The number of fused-ring (bicyclic) bond motifs is 1. The zero-order chi connectivity index (χ0) is 15.5. The largest absolute Gasteiger partial charge is 0.497 e. The minimum Gasteiger partial charge on any atom is -0.497 e. The molecule has 0 spiro atoms. The number of rotatable bonds is 5. The van der Waals surface area contributed by atoms with Gasteiger partial charge in [-0.15, -0.1) is 0 Å². The molecule has 1 N–H and O–H groups in total. The summed E-state index contributed by atoms with van der Waals surface area (Å²) in [7, 11) is 1.67. The maximum Gasteiger partial charge on any atom is 0.138 e. The third-order valence-electron chi connectivity index (χ3n) is 3.96. The Hall–Kier alpha value is -2.49. The van der Waals surface area contributed by atoms with Gasteiger partial charge in [0.2, 0.25) is 0 Å². The molecule has 0 radical (unpaired) electrons. The van der Waals surface area contributed by atoms with Gasteiger partial charge in [-0.1, -0.05) is 0 Å². The van der Waals surface area contributed by atoms with Gasteiger partial charge < -0.3 is 14.6 Å². The molecule has 0 amide bonds. The molecule has 1 aromatic heterocycles. The van der Waals surface area contributed by atoms with Crippen LogP contribution in [-0.2, 0) is 0 Å². The van der Waals surface area contributed by atoms with Crippen LogP contribution in [0.3, 0.4) is 0 Å². The minimum atomic E-state index is 0.833. The number of H-pyrrole nitrogens is 1. The summed E-state index contributed by atoms with van der Waals surface area (Å²) < 4.78 is 5.25. The molecule has 0 saturated carbocycles. The first-order chi connectivity index (χ1) is 10.7. The smallest absolute Gasteiger partial charge is 0.138 e. The van der Waals surface area contributed by atoms with E-state index in [1.807, 2.05) is 18.2 Å². The number of hydrogen-bond acceptors (Lipinski definition) is 3.